The Bertz CT molecular complexity index is 522. The van der Waals surface area contributed by atoms with Crippen molar-refractivity contribution >= 4 is 15.9 Å². The zero-order chi connectivity index (χ0) is 14.4. The average Bonchev–Trinajstić information content (AvgIpc) is 2.90. The van der Waals surface area contributed by atoms with Gasteiger partial charge >= 0.3 is 0 Å². The minimum atomic E-state index is 0.0775. The van der Waals surface area contributed by atoms with Crippen molar-refractivity contribution < 1.29 is 9.15 Å². The quantitative estimate of drug-likeness (QED) is 0.818. The van der Waals surface area contributed by atoms with Crippen LogP contribution in [0, 0.1) is 0 Å². The fourth-order valence-corrected chi connectivity index (χ4v) is 2.36. The smallest absolute Gasteiger partial charge is 0.129 e. The Kier molecular flexibility index (Phi) is 5.83. The number of rotatable bonds is 7. The molecule has 1 N–H and O–H groups in total. The molecule has 1 aromatic heterocycles. The van der Waals surface area contributed by atoms with Crippen LogP contribution < -0.4 is 5.32 Å². The predicted octanol–water partition coefficient (Wildman–Crippen LogP) is 4.28. The van der Waals surface area contributed by atoms with Crippen molar-refractivity contribution in [3.05, 3.63) is 58.0 Å². The van der Waals surface area contributed by atoms with Gasteiger partial charge in [0.25, 0.3) is 0 Å². The van der Waals surface area contributed by atoms with Crippen LogP contribution in [0.3, 0.4) is 0 Å². The third-order valence-corrected chi connectivity index (χ3v) is 3.58. The molecule has 2 rings (SSSR count). The number of hydrogen-bond donors (Lipinski definition) is 1. The molecule has 1 aromatic carbocycles. The Morgan fingerprint density at radius 1 is 1.20 bits per heavy atom. The summed E-state index contributed by atoms with van der Waals surface area (Å²) in [5.74, 6) is 1.77. The van der Waals surface area contributed by atoms with E-state index in [1.807, 2.05) is 12.1 Å². The molecule has 0 radical (unpaired) electrons. The summed E-state index contributed by atoms with van der Waals surface area (Å²) >= 11 is 3.47. The van der Waals surface area contributed by atoms with Crippen molar-refractivity contribution in [2.24, 2.45) is 0 Å². The number of ether oxygens (including phenoxy) is 1. The van der Waals surface area contributed by atoms with Crippen LogP contribution in [0.15, 0.2) is 45.3 Å². The van der Waals surface area contributed by atoms with Crippen LogP contribution in [0.1, 0.15) is 36.5 Å². The Balaban J connectivity index is 2.23. The van der Waals surface area contributed by atoms with Gasteiger partial charge in [-0.1, -0.05) is 35.0 Å². The molecule has 0 saturated carbocycles. The van der Waals surface area contributed by atoms with Gasteiger partial charge in [0.2, 0.25) is 0 Å². The topological polar surface area (TPSA) is 34.4 Å². The maximum atomic E-state index is 5.87. The first kappa shape index (κ1) is 15.3. The van der Waals surface area contributed by atoms with Crippen molar-refractivity contribution in [2.45, 2.75) is 26.0 Å². The Labute approximate surface area is 128 Å². The van der Waals surface area contributed by atoms with E-state index in [-0.39, 0.29) is 6.04 Å². The van der Waals surface area contributed by atoms with E-state index < -0.39 is 0 Å². The summed E-state index contributed by atoms with van der Waals surface area (Å²) in [4.78, 5) is 0. The molecular formula is C16H20BrNO2. The fraction of sp³-hybridized carbons (Fsp3) is 0.375. The number of methoxy groups -OCH3 is 1. The Morgan fingerprint density at radius 3 is 2.60 bits per heavy atom. The van der Waals surface area contributed by atoms with Gasteiger partial charge in [-0.2, -0.15) is 0 Å². The standard InChI is InChI=1S/C16H20BrNO2/c1-3-10-18-16(12-4-6-13(17)7-5-12)15-9-8-14(20-15)11-19-2/h4-9,16,18H,3,10-11H2,1-2H3. The van der Waals surface area contributed by atoms with Crippen LogP contribution in [0.2, 0.25) is 0 Å². The van der Waals surface area contributed by atoms with E-state index in [1.165, 1.54) is 5.56 Å². The molecule has 0 fully saturated rings. The lowest BCUT2D eigenvalue weighted by Crippen LogP contribution is -2.22. The largest absolute Gasteiger partial charge is 0.462 e. The van der Waals surface area contributed by atoms with Crippen molar-refractivity contribution in [1.29, 1.82) is 0 Å². The van der Waals surface area contributed by atoms with E-state index in [4.69, 9.17) is 9.15 Å². The number of benzene rings is 1. The summed E-state index contributed by atoms with van der Waals surface area (Å²) in [5, 5.41) is 3.53. The molecule has 0 aliphatic rings. The molecule has 108 valence electrons. The Hall–Kier alpha value is -1.10. The third-order valence-electron chi connectivity index (χ3n) is 3.06. The molecule has 1 heterocycles. The molecule has 0 amide bonds. The number of halogens is 1. The van der Waals surface area contributed by atoms with Crippen LogP contribution in [0.4, 0.5) is 0 Å². The van der Waals surface area contributed by atoms with E-state index in [2.05, 4.69) is 52.4 Å². The molecular weight excluding hydrogens is 318 g/mol. The van der Waals surface area contributed by atoms with Gasteiger partial charge in [0.15, 0.2) is 0 Å². The van der Waals surface area contributed by atoms with Gasteiger partial charge in [-0.05, 0) is 42.8 Å². The van der Waals surface area contributed by atoms with Gasteiger partial charge in [-0.3, -0.25) is 0 Å². The summed E-state index contributed by atoms with van der Waals surface area (Å²) in [6.45, 7) is 3.60. The minimum absolute atomic E-state index is 0.0775. The highest BCUT2D eigenvalue weighted by Gasteiger charge is 2.17. The van der Waals surface area contributed by atoms with Crippen LogP contribution in [-0.4, -0.2) is 13.7 Å². The predicted molar refractivity (Wildman–Crippen MR) is 83.7 cm³/mol. The molecule has 1 atom stereocenters. The molecule has 0 saturated heterocycles. The van der Waals surface area contributed by atoms with Crippen molar-refractivity contribution in [3.63, 3.8) is 0 Å². The molecule has 0 bridgehead atoms. The summed E-state index contributed by atoms with van der Waals surface area (Å²) in [6.07, 6.45) is 1.08. The molecule has 0 aliphatic carbocycles. The minimum Gasteiger partial charge on any atom is -0.462 e. The fourth-order valence-electron chi connectivity index (χ4n) is 2.10. The number of furan rings is 1. The van der Waals surface area contributed by atoms with E-state index in [0.29, 0.717) is 6.61 Å². The summed E-state index contributed by atoms with van der Waals surface area (Å²) in [6, 6.07) is 12.4. The van der Waals surface area contributed by atoms with Gasteiger partial charge in [-0.15, -0.1) is 0 Å². The molecule has 3 nitrogen and oxygen atoms in total. The Morgan fingerprint density at radius 2 is 1.95 bits per heavy atom. The monoisotopic (exact) mass is 337 g/mol. The lowest BCUT2D eigenvalue weighted by atomic mass is 10.0. The molecule has 1 unspecified atom stereocenters. The maximum absolute atomic E-state index is 5.87. The highest BCUT2D eigenvalue weighted by Crippen LogP contribution is 2.25. The van der Waals surface area contributed by atoms with Gasteiger partial charge in [0, 0.05) is 11.6 Å². The van der Waals surface area contributed by atoms with E-state index in [9.17, 15) is 0 Å². The summed E-state index contributed by atoms with van der Waals surface area (Å²) in [5.41, 5.74) is 1.19. The second-order valence-electron chi connectivity index (χ2n) is 4.68. The lowest BCUT2D eigenvalue weighted by Gasteiger charge is -2.17. The SMILES string of the molecule is CCCNC(c1ccc(Br)cc1)c1ccc(COC)o1. The second kappa shape index (κ2) is 7.62. The van der Waals surface area contributed by atoms with Crippen LogP contribution in [0.25, 0.3) is 0 Å². The summed E-state index contributed by atoms with van der Waals surface area (Å²) < 4.78 is 12.1. The van der Waals surface area contributed by atoms with E-state index in [1.54, 1.807) is 7.11 Å². The molecule has 0 aliphatic heterocycles. The van der Waals surface area contributed by atoms with E-state index >= 15 is 0 Å². The third kappa shape index (κ3) is 3.95. The first-order chi connectivity index (χ1) is 9.74. The zero-order valence-corrected chi connectivity index (χ0v) is 13.4. The number of nitrogens with one attached hydrogen (secondary N) is 1. The van der Waals surface area contributed by atoms with E-state index in [0.717, 1.165) is 29.0 Å². The number of hydrogen-bond acceptors (Lipinski definition) is 3. The maximum Gasteiger partial charge on any atom is 0.129 e. The molecule has 2 aromatic rings. The van der Waals surface area contributed by atoms with Crippen LogP contribution in [0.5, 0.6) is 0 Å². The highest BCUT2D eigenvalue weighted by atomic mass is 79.9. The average molecular weight is 338 g/mol. The lowest BCUT2D eigenvalue weighted by molar-refractivity contribution is 0.162. The molecule has 0 spiro atoms. The summed E-state index contributed by atoms with van der Waals surface area (Å²) in [7, 11) is 1.67. The van der Waals surface area contributed by atoms with Gasteiger partial charge in [-0.25, -0.2) is 0 Å². The van der Waals surface area contributed by atoms with Crippen molar-refractivity contribution in [1.82, 2.24) is 5.32 Å². The van der Waals surface area contributed by atoms with Gasteiger partial charge < -0.3 is 14.5 Å². The van der Waals surface area contributed by atoms with Crippen molar-refractivity contribution in [3.8, 4) is 0 Å². The molecule has 20 heavy (non-hydrogen) atoms. The molecule has 4 heteroatoms. The van der Waals surface area contributed by atoms with Crippen LogP contribution in [-0.2, 0) is 11.3 Å². The first-order valence-corrected chi connectivity index (χ1v) is 7.60. The van der Waals surface area contributed by atoms with Crippen LogP contribution >= 0.6 is 15.9 Å². The second-order valence-corrected chi connectivity index (χ2v) is 5.59. The van der Waals surface area contributed by atoms with Gasteiger partial charge in [0.05, 0.1) is 6.04 Å². The highest BCUT2D eigenvalue weighted by molar-refractivity contribution is 9.10. The normalized spacial score (nSPS) is 12.6. The van der Waals surface area contributed by atoms with Crippen molar-refractivity contribution in [2.75, 3.05) is 13.7 Å². The first-order valence-electron chi connectivity index (χ1n) is 6.81. The van der Waals surface area contributed by atoms with Gasteiger partial charge in [0.1, 0.15) is 18.1 Å². The zero-order valence-electron chi connectivity index (χ0n) is 11.9.